The molecular formula is C45H27N3. The summed E-state index contributed by atoms with van der Waals surface area (Å²) in [6.45, 7) is 0. The zero-order valence-electron chi connectivity index (χ0n) is 25.9. The van der Waals surface area contributed by atoms with Crippen LogP contribution < -0.4 is 0 Å². The molecule has 0 saturated heterocycles. The molecule has 0 aliphatic rings. The number of hydrogen-bond donors (Lipinski definition) is 0. The predicted molar refractivity (Wildman–Crippen MR) is 202 cm³/mol. The molecule has 0 fully saturated rings. The van der Waals surface area contributed by atoms with Gasteiger partial charge in [-0.3, -0.25) is 4.40 Å². The van der Waals surface area contributed by atoms with Crippen molar-refractivity contribution in [1.82, 2.24) is 14.0 Å². The number of imidazole rings is 1. The lowest BCUT2D eigenvalue weighted by Gasteiger charge is -2.13. The molecule has 0 saturated carbocycles. The Kier molecular flexibility index (Phi) is 5.11. The van der Waals surface area contributed by atoms with Gasteiger partial charge in [0.25, 0.3) is 0 Å². The van der Waals surface area contributed by atoms with Gasteiger partial charge >= 0.3 is 0 Å². The Morgan fingerprint density at radius 1 is 0.354 bits per heavy atom. The van der Waals surface area contributed by atoms with Crippen LogP contribution in [-0.2, 0) is 0 Å². The van der Waals surface area contributed by atoms with Crippen molar-refractivity contribution in [3.63, 3.8) is 0 Å². The van der Waals surface area contributed by atoms with Crippen molar-refractivity contribution >= 4 is 81.7 Å². The third kappa shape index (κ3) is 3.40. The van der Waals surface area contributed by atoms with Gasteiger partial charge in [-0.25, -0.2) is 4.98 Å². The zero-order chi connectivity index (χ0) is 31.3. The molecular weight excluding hydrogens is 583 g/mol. The van der Waals surface area contributed by atoms with Crippen LogP contribution in [0.1, 0.15) is 0 Å². The Bertz CT molecular complexity index is 3110. The first-order valence-corrected chi connectivity index (χ1v) is 16.5. The smallest absolute Gasteiger partial charge is 0.146 e. The van der Waals surface area contributed by atoms with Gasteiger partial charge in [-0.15, -0.1) is 0 Å². The summed E-state index contributed by atoms with van der Waals surface area (Å²) < 4.78 is 4.78. The van der Waals surface area contributed by atoms with Gasteiger partial charge in [0.05, 0.1) is 27.6 Å². The largest absolute Gasteiger partial charge is 0.309 e. The summed E-state index contributed by atoms with van der Waals surface area (Å²) in [6, 6.07) is 59.4. The first-order chi connectivity index (χ1) is 23.8. The summed E-state index contributed by atoms with van der Waals surface area (Å²) in [5, 5.41) is 11.0. The Hall–Kier alpha value is -6.45. The molecule has 0 atom stereocenters. The van der Waals surface area contributed by atoms with E-state index >= 15 is 0 Å². The molecule has 3 aromatic heterocycles. The highest BCUT2D eigenvalue weighted by Gasteiger charge is 2.19. The van der Waals surface area contributed by atoms with Crippen LogP contribution in [0.15, 0.2) is 164 Å². The maximum absolute atomic E-state index is 5.40. The van der Waals surface area contributed by atoms with E-state index in [9.17, 15) is 0 Å². The van der Waals surface area contributed by atoms with Crippen molar-refractivity contribution in [2.75, 3.05) is 0 Å². The van der Waals surface area contributed by atoms with Gasteiger partial charge in [0.1, 0.15) is 5.65 Å². The van der Waals surface area contributed by atoms with Crippen LogP contribution in [0.25, 0.3) is 98.5 Å². The van der Waals surface area contributed by atoms with Crippen molar-refractivity contribution in [2.24, 2.45) is 0 Å². The molecule has 8 aromatic carbocycles. The van der Waals surface area contributed by atoms with Crippen LogP contribution in [0, 0.1) is 0 Å². The van der Waals surface area contributed by atoms with Gasteiger partial charge in [-0.05, 0) is 69.8 Å². The fourth-order valence-corrected chi connectivity index (χ4v) is 8.17. The van der Waals surface area contributed by atoms with Gasteiger partial charge in [-0.2, -0.15) is 0 Å². The second-order valence-electron chi connectivity index (χ2n) is 12.8. The van der Waals surface area contributed by atoms with Crippen LogP contribution in [0.3, 0.4) is 0 Å². The monoisotopic (exact) mass is 609 g/mol. The van der Waals surface area contributed by atoms with E-state index < -0.39 is 0 Å². The lowest BCUT2D eigenvalue weighted by Crippen LogP contribution is -1.93. The second-order valence-corrected chi connectivity index (χ2v) is 12.8. The van der Waals surface area contributed by atoms with Gasteiger partial charge < -0.3 is 4.57 Å². The van der Waals surface area contributed by atoms with Crippen molar-refractivity contribution in [2.45, 2.75) is 0 Å². The van der Waals surface area contributed by atoms with Crippen LogP contribution in [0.4, 0.5) is 0 Å². The third-order valence-electron chi connectivity index (χ3n) is 10.2. The summed E-state index contributed by atoms with van der Waals surface area (Å²) in [5.41, 5.74) is 10.4. The average molecular weight is 610 g/mol. The predicted octanol–water partition coefficient (Wildman–Crippen LogP) is 11.9. The highest BCUT2D eigenvalue weighted by molar-refractivity contribution is 6.26. The molecule has 0 spiro atoms. The molecule has 48 heavy (non-hydrogen) atoms. The number of benzene rings is 8. The highest BCUT2D eigenvalue weighted by Crippen LogP contribution is 2.41. The maximum atomic E-state index is 5.40. The van der Waals surface area contributed by atoms with E-state index in [1.165, 1.54) is 70.9 Å². The van der Waals surface area contributed by atoms with Gasteiger partial charge in [0, 0.05) is 38.0 Å². The summed E-state index contributed by atoms with van der Waals surface area (Å²) in [4.78, 5) is 5.40. The molecule has 0 amide bonds. The molecule has 11 aromatic rings. The average Bonchev–Trinajstić information content (AvgIpc) is 3.73. The quantitative estimate of drug-likeness (QED) is 0.179. The van der Waals surface area contributed by atoms with E-state index in [2.05, 4.69) is 173 Å². The highest BCUT2D eigenvalue weighted by atomic mass is 15.0. The number of para-hydroxylation sites is 2. The van der Waals surface area contributed by atoms with E-state index in [1.807, 2.05) is 0 Å². The molecule has 0 aliphatic carbocycles. The molecule has 222 valence electrons. The minimum Gasteiger partial charge on any atom is -0.309 e. The van der Waals surface area contributed by atoms with E-state index in [-0.39, 0.29) is 0 Å². The van der Waals surface area contributed by atoms with Crippen molar-refractivity contribution in [1.29, 1.82) is 0 Å². The lowest BCUT2D eigenvalue weighted by atomic mass is 9.98. The molecule has 3 nitrogen and oxygen atoms in total. The molecule has 3 heteroatoms. The molecule has 0 unspecified atom stereocenters. The number of fused-ring (bicyclic) bond motifs is 16. The van der Waals surface area contributed by atoms with Crippen molar-refractivity contribution in [3.8, 4) is 16.8 Å². The Labute approximate surface area is 275 Å². The topological polar surface area (TPSA) is 22.2 Å². The second kappa shape index (κ2) is 9.54. The van der Waals surface area contributed by atoms with Crippen LogP contribution in [0.2, 0.25) is 0 Å². The van der Waals surface area contributed by atoms with Crippen LogP contribution >= 0.6 is 0 Å². The number of rotatable bonds is 2. The Morgan fingerprint density at radius 2 is 0.854 bits per heavy atom. The normalized spacial score (nSPS) is 12.2. The summed E-state index contributed by atoms with van der Waals surface area (Å²) in [6.07, 6.45) is 0. The molecule has 0 N–H and O–H groups in total. The van der Waals surface area contributed by atoms with E-state index in [0.29, 0.717) is 0 Å². The molecule has 0 aliphatic heterocycles. The minimum atomic E-state index is 0.998. The van der Waals surface area contributed by atoms with E-state index in [1.54, 1.807) is 0 Å². The van der Waals surface area contributed by atoms with E-state index in [0.717, 1.165) is 27.6 Å². The first-order valence-electron chi connectivity index (χ1n) is 16.5. The lowest BCUT2D eigenvalue weighted by molar-refractivity contribution is 1.18. The van der Waals surface area contributed by atoms with Crippen LogP contribution in [-0.4, -0.2) is 14.0 Å². The number of aromatic nitrogens is 3. The summed E-state index contributed by atoms with van der Waals surface area (Å²) >= 11 is 0. The van der Waals surface area contributed by atoms with Gasteiger partial charge in [-0.1, -0.05) is 121 Å². The third-order valence-corrected chi connectivity index (χ3v) is 10.2. The van der Waals surface area contributed by atoms with Crippen LogP contribution in [0.5, 0.6) is 0 Å². The molecule has 0 bridgehead atoms. The van der Waals surface area contributed by atoms with Crippen molar-refractivity contribution < 1.29 is 0 Å². The molecule has 3 heterocycles. The van der Waals surface area contributed by atoms with Gasteiger partial charge in [0.2, 0.25) is 0 Å². The van der Waals surface area contributed by atoms with E-state index in [4.69, 9.17) is 4.98 Å². The number of pyridine rings is 1. The SMILES string of the molecule is c1ccc(-n2c3ccccc3c3cc(-c4ccc5c(c4)c4ccccc4c4nc6c7ccccc7c7ccccc7c6n54)ccc32)cc1. The standard InChI is InChI=1S/C45H27N3/c1-2-12-30(13-3-1)47-40-21-11-10-17-34(40)39-27-29(22-24-41(39)47)28-23-25-42-38(26-28)33-16-6-9-20-37(33)45-46-43-35-18-7-4-14-31(35)32-15-5-8-19-36(32)44(43)48(42)45/h1-27H. The maximum Gasteiger partial charge on any atom is 0.146 e. The Balaban J connectivity index is 1.23. The number of hydrogen-bond acceptors (Lipinski definition) is 1. The summed E-state index contributed by atoms with van der Waals surface area (Å²) in [7, 11) is 0. The number of nitrogens with zero attached hydrogens (tertiary/aromatic N) is 3. The Morgan fingerprint density at radius 3 is 1.58 bits per heavy atom. The van der Waals surface area contributed by atoms with Crippen molar-refractivity contribution in [3.05, 3.63) is 164 Å². The minimum absolute atomic E-state index is 0.998. The molecule has 0 radical (unpaired) electrons. The first kappa shape index (κ1) is 25.7. The zero-order valence-corrected chi connectivity index (χ0v) is 25.9. The summed E-state index contributed by atoms with van der Waals surface area (Å²) in [5.74, 6) is 0. The molecule has 11 rings (SSSR count). The van der Waals surface area contributed by atoms with Gasteiger partial charge in [0.15, 0.2) is 0 Å². The fourth-order valence-electron chi connectivity index (χ4n) is 8.17. The fraction of sp³-hybridized carbons (Fsp3) is 0.